The zero-order valence-electron chi connectivity index (χ0n) is 12.5. The fourth-order valence-electron chi connectivity index (χ4n) is 3.26. The summed E-state index contributed by atoms with van der Waals surface area (Å²) in [6.07, 6.45) is 4.10. The first-order valence-electron chi connectivity index (χ1n) is 7.56. The predicted octanol–water partition coefficient (Wildman–Crippen LogP) is 2.46. The van der Waals surface area contributed by atoms with Gasteiger partial charge in [0.15, 0.2) is 0 Å². The van der Waals surface area contributed by atoms with E-state index in [9.17, 15) is 4.39 Å². The Labute approximate surface area is 121 Å². The Hall–Kier alpha value is -0.970. The number of benzene rings is 1. The third-order valence-electron chi connectivity index (χ3n) is 4.88. The lowest BCUT2D eigenvalue weighted by molar-refractivity contribution is 0.0837. The van der Waals surface area contributed by atoms with Crippen molar-refractivity contribution in [2.24, 2.45) is 5.84 Å². The highest BCUT2D eigenvalue weighted by Crippen LogP contribution is 2.29. The van der Waals surface area contributed by atoms with Crippen LogP contribution in [-0.4, -0.2) is 29.6 Å². The highest BCUT2D eigenvalue weighted by atomic mass is 19.1. The van der Waals surface area contributed by atoms with Crippen molar-refractivity contribution in [2.45, 2.75) is 51.1 Å². The first-order chi connectivity index (χ1) is 9.61. The molecule has 2 rings (SSSR count). The molecular weight excluding hydrogens is 253 g/mol. The summed E-state index contributed by atoms with van der Waals surface area (Å²) >= 11 is 0. The van der Waals surface area contributed by atoms with E-state index in [2.05, 4.69) is 24.2 Å². The molecule has 3 N–H and O–H groups in total. The molecule has 4 heteroatoms. The van der Waals surface area contributed by atoms with Crippen molar-refractivity contribution in [3.05, 3.63) is 35.6 Å². The van der Waals surface area contributed by atoms with Crippen LogP contribution in [0.1, 0.15) is 38.7 Å². The molecule has 1 aromatic rings. The summed E-state index contributed by atoms with van der Waals surface area (Å²) in [5.41, 5.74) is 3.63. The van der Waals surface area contributed by atoms with E-state index >= 15 is 0 Å². The van der Waals surface area contributed by atoms with Crippen molar-refractivity contribution in [1.29, 1.82) is 0 Å². The summed E-state index contributed by atoms with van der Waals surface area (Å²) in [4.78, 5) is 2.50. The van der Waals surface area contributed by atoms with Crippen LogP contribution in [0.15, 0.2) is 24.3 Å². The molecule has 0 amide bonds. The number of hydrogen-bond donors (Lipinski definition) is 2. The van der Waals surface area contributed by atoms with Gasteiger partial charge >= 0.3 is 0 Å². The second-order valence-corrected chi connectivity index (χ2v) is 5.92. The number of nitrogens with zero attached hydrogens (tertiary/aromatic N) is 1. The van der Waals surface area contributed by atoms with Crippen LogP contribution in [0.25, 0.3) is 0 Å². The number of halogens is 1. The van der Waals surface area contributed by atoms with Gasteiger partial charge in [-0.25, -0.2) is 4.39 Å². The molecule has 0 bridgehead atoms. The van der Waals surface area contributed by atoms with Gasteiger partial charge in [-0.2, -0.15) is 0 Å². The van der Waals surface area contributed by atoms with E-state index in [1.807, 2.05) is 12.1 Å². The minimum atomic E-state index is -0.146. The van der Waals surface area contributed by atoms with Gasteiger partial charge in [-0.1, -0.05) is 25.1 Å². The van der Waals surface area contributed by atoms with Crippen molar-refractivity contribution in [1.82, 2.24) is 10.3 Å². The first kappa shape index (κ1) is 15.4. The molecule has 0 aliphatic carbocycles. The highest BCUT2D eigenvalue weighted by Gasteiger charge is 2.39. The van der Waals surface area contributed by atoms with E-state index in [4.69, 9.17) is 5.84 Å². The van der Waals surface area contributed by atoms with E-state index in [-0.39, 0.29) is 17.4 Å². The van der Waals surface area contributed by atoms with Gasteiger partial charge in [-0.15, -0.1) is 0 Å². The van der Waals surface area contributed by atoms with Crippen LogP contribution in [0.5, 0.6) is 0 Å². The van der Waals surface area contributed by atoms with E-state index in [1.54, 1.807) is 6.07 Å². The Kier molecular flexibility index (Phi) is 5.13. The van der Waals surface area contributed by atoms with Crippen molar-refractivity contribution in [2.75, 3.05) is 13.1 Å². The molecule has 0 radical (unpaired) electrons. The molecule has 0 saturated carbocycles. The monoisotopic (exact) mass is 279 g/mol. The lowest BCUT2D eigenvalue weighted by atomic mass is 9.84. The molecule has 1 aromatic carbocycles. The molecule has 112 valence electrons. The Morgan fingerprint density at radius 3 is 2.55 bits per heavy atom. The molecule has 2 atom stereocenters. The lowest BCUT2D eigenvalue weighted by Crippen LogP contribution is -2.61. The number of hydrazine groups is 1. The summed E-state index contributed by atoms with van der Waals surface area (Å²) in [6, 6.07) is 7.01. The van der Waals surface area contributed by atoms with Crippen LogP contribution in [-0.2, 0) is 6.42 Å². The van der Waals surface area contributed by atoms with Gasteiger partial charge in [0.1, 0.15) is 5.82 Å². The third-order valence-corrected chi connectivity index (χ3v) is 4.88. The van der Waals surface area contributed by atoms with Gasteiger partial charge in [0.25, 0.3) is 0 Å². The standard InChI is InChI=1S/C16H26FN3/c1-3-16(2,20-10-6-7-11-20)15(19-18)12-13-8-4-5-9-14(13)17/h4-5,8-9,15,19H,3,6-7,10-12,18H2,1-2H3. The molecular formula is C16H26FN3. The minimum Gasteiger partial charge on any atom is -0.296 e. The zero-order valence-corrected chi connectivity index (χ0v) is 12.5. The van der Waals surface area contributed by atoms with Gasteiger partial charge in [-0.05, 0) is 57.3 Å². The largest absolute Gasteiger partial charge is 0.296 e. The summed E-state index contributed by atoms with van der Waals surface area (Å²) in [6.45, 7) is 6.65. The summed E-state index contributed by atoms with van der Waals surface area (Å²) in [7, 11) is 0. The Bertz CT molecular complexity index is 431. The Morgan fingerprint density at radius 2 is 2.00 bits per heavy atom. The van der Waals surface area contributed by atoms with Crippen LogP contribution in [0.3, 0.4) is 0 Å². The van der Waals surface area contributed by atoms with E-state index in [0.717, 1.165) is 25.1 Å². The van der Waals surface area contributed by atoms with E-state index in [0.29, 0.717) is 6.42 Å². The van der Waals surface area contributed by atoms with Gasteiger partial charge in [-0.3, -0.25) is 16.2 Å². The van der Waals surface area contributed by atoms with Crippen molar-refractivity contribution in [3.63, 3.8) is 0 Å². The summed E-state index contributed by atoms with van der Waals surface area (Å²) < 4.78 is 13.9. The molecule has 2 unspecified atom stereocenters. The van der Waals surface area contributed by atoms with Gasteiger partial charge in [0.2, 0.25) is 0 Å². The van der Waals surface area contributed by atoms with Crippen LogP contribution >= 0.6 is 0 Å². The molecule has 1 saturated heterocycles. The number of nitrogens with two attached hydrogens (primary N) is 1. The normalized spacial score (nSPS) is 20.8. The number of hydrogen-bond acceptors (Lipinski definition) is 3. The van der Waals surface area contributed by atoms with Gasteiger partial charge < -0.3 is 0 Å². The lowest BCUT2D eigenvalue weighted by Gasteiger charge is -2.44. The summed E-state index contributed by atoms with van der Waals surface area (Å²) in [5, 5.41) is 0. The fourth-order valence-corrected chi connectivity index (χ4v) is 3.26. The summed E-state index contributed by atoms with van der Waals surface area (Å²) in [5.74, 6) is 5.66. The predicted molar refractivity (Wildman–Crippen MR) is 80.7 cm³/mol. The molecule has 1 aliphatic heterocycles. The number of likely N-dealkylation sites (tertiary alicyclic amines) is 1. The molecule has 0 aromatic heterocycles. The minimum absolute atomic E-state index is 0.0342. The van der Waals surface area contributed by atoms with Crippen LogP contribution in [0, 0.1) is 5.82 Å². The molecule has 20 heavy (non-hydrogen) atoms. The van der Waals surface area contributed by atoms with Crippen molar-refractivity contribution >= 4 is 0 Å². The Balaban J connectivity index is 2.19. The fraction of sp³-hybridized carbons (Fsp3) is 0.625. The average Bonchev–Trinajstić information content (AvgIpc) is 3.00. The smallest absolute Gasteiger partial charge is 0.126 e. The third kappa shape index (κ3) is 3.03. The zero-order chi connectivity index (χ0) is 14.6. The Morgan fingerprint density at radius 1 is 1.35 bits per heavy atom. The second kappa shape index (κ2) is 6.66. The highest BCUT2D eigenvalue weighted by molar-refractivity contribution is 5.20. The van der Waals surface area contributed by atoms with E-state index < -0.39 is 0 Å². The first-order valence-corrected chi connectivity index (χ1v) is 7.56. The van der Waals surface area contributed by atoms with Crippen LogP contribution in [0.2, 0.25) is 0 Å². The topological polar surface area (TPSA) is 41.3 Å². The number of nitrogens with one attached hydrogen (secondary N) is 1. The molecule has 1 aliphatic rings. The second-order valence-electron chi connectivity index (χ2n) is 5.92. The average molecular weight is 279 g/mol. The molecule has 0 spiro atoms. The molecule has 3 nitrogen and oxygen atoms in total. The molecule has 1 fully saturated rings. The molecule has 1 heterocycles. The van der Waals surface area contributed by atoms with Crippen molar-refractivity contribution < 1.29 is 4.39 Å². The maximum absolute atomic E-state index is 13.9. The SMILES string of the molecule is CCC(C)(C(Cc1ccccc1F)NN)N1CCCC1. The maximum Gasteiger partial charge on any atom is 0.126 e. The maximum atomic E-state index is 13.9. The quantitative estimate of drug-likeness (QED) is 0.621. The van der Waals surface area contributed by atoms with Crippen LogP contribution in [0.4, 0.5) is 4.39 Å². The van der Waals surface area contributed by atoms with Crippen LogP contribution < -0.4 is 11.3 Å². The van der Waals surface area contributed by atoms with Gasteiger partial charge in [0, 0.05) is 11.6 Å². The number of rotatable bonds is 6. The van der Waals surface area contributed by atoms with Gasteiger partial charge in [0.05, 0.1) is 0 Å². The van der Waals surface area contributed by atoms with E-state index in [1.165, 1.54) is 18.9 Å². The van der Waals surface area contributed by atoms with Crippen molar-refractivity contribution in [3.8, 4) is 0 Å².